The highest BCUT2D eigenvalue weighted by molar-refractivity contribution is 5.42. The van der Waals surface area contributed by atoms with Gasteiger partial charge in [0.1, 0.15) is 0 Å². The lowest BCUT2D eigenvalue weighted by atomic mass is 10.1. The van der Waals surface area contributed by atoms with E-state index in [1.165, 1.54) is 5.56 Å². The van der Waals surface area contributed by atoms with Gasteiger partial charge in [-0.15, -0.1) is 0 Å². The number of methoxy groups -OCH3 is 1. The van der Waals surface area contributed by atoms with E-state index in [0.717, 1.165) is 30.8 Å². The SMILES string of the molecule is CCC(N)CCCOc1ccc(C)cc1OC. The van der Waals surface area contributed by atoms with Crippen LogP contribution < -0.4 is 15.2 Å². The summed E-state index contributed by atoms with van der Waals surface area (Å²) in [6, 6.07) is 6.25. The monoisotopic (exact) mass is 237 g/mol. The highest BCUT2D eigenvalue weighted by atomic mass is 16.5. The van der Waals surface area contributed by atoms with Gasteiger partial charge in [-0.3, -0.25) is 0 Å². The third-order valence-corrected chi connectivity index (χ3v) is 2.82. The van der Waals surface area contributed by atoms with Crippen molar-refractivity contribution in [1.29, 1.82) is 0 Å². The topological polar surface area (TPSA) is 44.5 Å². The molecule has 1 atom stereocenters. The second kappa shape index (κ2) is 7.17. The lowest BCUT2D eigenvalue weighted by Crippen LogP contribution is -2.19. The van der Waals surface area contributed by atoms with Gasteiger partial charge < -0.3 is 15.2 Å². The van der Waals surface area contributed by atoms with Gasteiger partial charge in [0.15, 0.2) is 11.5 Å². The first-order valence-electron chi connectivity index (χ1n) is 6.20. The van der Waals surface area contributed by atoms with Crippen LogP contribution in [0.1, 0.15) is 31.7 Å². The van der Waals surface area contributed by atoms with Crippen LogP contribution in [0.25, 0.3) is 0 Å². The summed E-state index contributed by atoms with van der Waals surface area (Å²) < 4.78 is 11.0. The molecule has 0 saturated carbocycles. The molecule has 1 rings (SSSR count). The number of aryl methyl sites for hydroxylation is 1. The van der Waals surface area contributed by atoms with Crippen LogP contribution in [0.4, 0.5) is 0 Å². The van der Waals surface area contributed by atoms with Gasteiger partial charge in [-0.2, -0.15) is 0 Å². The maximum Gasteiger partial charge on any atom is 0.161 e. The van der Waals surface area contributed by atoms with Crippen molar-refractivity contribution in [2.24, 2.45) is 5.73 Å². The smallest absolute Gasteiger partial charge is 0.161 e. The van der Waals surface area contributed by atoms with Crippen molar-refractivity contribution in [2.45, 2.75) is 39.2 Å². The molecule has 0 radical (unpaired) electrons. The lowest BCUT2D eigenvalue weighted by Gasteiger charge is -2.12. The number of nitrogens with two attached hydrogens (primary N) is 1. The molecule has 0 aliphatic heterocycles. The molecular formula is C14H23NO2. The molecular weight excluding hydrogens is 214 g/mol. The van der Waals surface area contributed by atoms with Crippen molar-refractivity contribution in [1.82, 2.24) is 0 Å². The van der Waals surface area contributed by atoms with Crippen molar-refractivity contribution in [2.75, 3.05) is 13.7 Å². The zero-order valence-electron chi connectivity index (χ0n) is 11.0. The second-order valence-corrected chi connectivity index (χ2v) is 4.31. The molecule has 0 aliphatic rings. The number of ether oxygens (including phenoxy) is 2. The summed E-state index contributed by atoms with van der Waals surface area (Å²) in [6.45, 7) is 4.83. The molecule has 1 aromatic carbocycles. The van der Waals surface area contributed by atoms with Crippen LogP contribution in [0.3, 0.4) is 0 Å². The van der Waals surface area contributed by atoms with Crippen LogP contribution in [0, 0.1) is 6.92 Å². The fourth-order valence-corrected chi connectivity index (χ4v) is 1.63. The average molecular weight is 237 g/mol. The predicted molar refractivity (Wildman–Crippen MR) is 70.7 cm³/mol. The van der Waals surface area contributed by atoms with Crippen LogP contribution >= 0.6 is 0 Å². The molecule has 1 aromatic rings. The average Bonchev–Trinajstić information content (AvgIpc) is 2.35. The van der Waals surface area contributed by atoms with Gasteiger partial charge in [-0.05, 0) is 43.9 Å². The van der Waals surface area contributed by atoms with Gasteiger partial charge in [-0.25, -0.2) is 0 Å². The summed E-state index contributed by atoms with van der Waals surface area (Å²) in [6.07, 6.45) is 3.00. The van der Waals surface area contributed by atoms with E-state index >= 15 is 0 Å². The molecule has 3 heteroatoms. The molecule has 0 fully saturated rings. The van der Waals surface area contributed by atoms with Crippen molar-refractivity contribution in [3.05, 3.63) is 23.8 Å². The van der Waals surface area contributed by atoms with Crippen LogP contribution in [0.5, 0.6) is 11.5 Å². The Morgan fingerprint density at radius 3 is 2.71 bits per heavy atom. The highest BCUT2D eigenvalue weighted by Gasteiger charge is 2.04. The summed E-state index contributed by atoms with van der Waals surface area (Å²) in [7, 11) is 1.66. The Bertz CT molecular complexity index is 339. The molecule has 0 heterocycles. The quantitative estimate of drug-likeness (QED) is 0.742. The summed E-state index contributed by atoms with van der Waals surface area (Å²) >= 11 is 0. The number of rotatable bonds is 7. The zero-order chi connectivity index (χ0) is 12.7. The van der Waals surface area contributed by atoms with E-state index in [1.54, 1.807) is 7.11 Å². The Balaban J connectivity index is 2.41. The third kappa shape index (κ3) is 4.65. The Morgan fingerprint density at radius 2 is 2.06 bits per heavy atom. The third-order valence-electron chi connectivity index (χ3n) is 2.82. The largest absolute Gasteiger partial charge is 0.493 e. The molecule has 17 heavy (non-hydrogen) atoms. The van der Waals surface area contributed by atoms with Crippen LogP contribution in [-0.2, 0) is 0 Å². The Morgan fingerprint density at radius 1 is 1.29 bits per heavy atom. The maximum atomic E-state index is 5.85. The first-order chi connectivity index (χ1) is 8.17. The summed E-state index contributed by atoms with van der Waals surface area (Å²) in [5.74, 6) is 1.60. The number of benzene rings is 1. The van der Waals surface area contributed by atoms with E-state index in [2.05, 4.69) is 6.92 Å². The van der Waals surface area contributed by atoms with Crippen LogP contribution in [0.2, 0.25) is 0 Å². The number of hydrogen-bond donors (Lipinski definition) is 1. The lowest BCUT2D eigenvalue weighted by molar-refractivity contribution is 0.282. The molecule has 0 bridgehead atoms. The molecule has 0 amide bonds. The van der Waals surface area contributed by atoms with Crippen LogP contribution in [0.15, 0.2) is 18.2 Å². The molecule has 0 aromatic heterocycles. The minimum absolute atomic E-state index is 0.290. The van der Waals surface area contributed by atoms with E-state index in [1.807, 2.05) is 25.1 Å². The fraction of sp³-hybridized carbons (Fsp3) is 0.571. The first-order valence-corrected chi connectivity index (χ1v) is 6.20. The molecule has 96 valence electrons. The predicted octanol–water partition coefficient (Wildman–Crippen LogP) is 2.90. The van der Waals surface area contributed by atoms with Crippen molar-refractivity contribution in [3.8, 4) is 11.5 Å². The van der Waals surface area contributed by atoms with Gasteiger partial charge in [0.25, 0.3) is 0 Å². The Labute approximate surface area is 104 Å². The molecule has 3 nitrogen and oxygen atoms in total. The van der Waals surface area contributed by atoms with Crippen molar-refractivity contribution in [3.63, 3.8) is 0 Å². The highest BCUT2D eigenvalue weighted by Crippen LogP contribution is 2.27. The van der Waals surface area contributed by atoms with Gasteiger partial charge in [-0.1, -0.05) is 13.0 Å². The van der Waals surface area contributed by atoms with E-state index in [0.29, 0.717) is 12.6 Å². The van der Waals surface area contributed by atoms with Gasteiger partial charge >= 0.3 is 0 Å². The van der Waals surface area contributed by atoms with Crippen molar-refractivity contribution >= 4 is 0 Å². The molecule has 0 saturated heterocycles. The van der Waals surface area contributed by atoms with E-state index in [9.17, 15) is 0 Å². The van der Waals surface area contributed by atoms with Crippen molar-refractivity contribution < 1.29 is 9.47 Å². The van der Waals surface area contributed by atoms with Gasteiger partial charge in [0, 0.05) is 6.04 Å². The van der Waals surface area contributed by atoms with E-state index < -0.39 is 0 Å². The van der Waals surface area contributed by atoms with E-state index in [4.69, 9.17) is 15.2 Å². The van der Waals surface area contributed by atoms with Crippen LogP contribution in [-0.4, -0.2) is 19.8 Å². The maximum absolute atomic E-state index is 5.85. The molecule has 2 N–H and O–H groups in total. The standard InChI is InChI=1S/C14H23NO2/c1-4-12(15)6-5-9-17-13-8-7-11(2)10-14(13)16-3/h7-8,10,12H,4-6,9,15H2,1-3H3. The minimum atomic E-state index is 0.290. The van der Waals surface area contributed by atoms with E-state index in [-0.39, 0.29) is 0 Å². The summed E-state index contributed by atoms with van der Waals surface area (Å²) in [4.78, 5) is 0. The van der Waals surface area contributed by atoms with Gasteiger partial charge in [0.2, 0.25) is 0 Å². The normalized spacial score (nSPS) is 12.2. The zero-order valence-corrected chi connectivity index (χ0v) is 11.0. The molecule has 0 spiro atoms. The first kappa shape index (κ1) is 13.8. The van der Waals surface area contributed by atoms with Gasteiger partial charge in [0.05, 0.1) is 13.7 Å². The minimum Gasteiger partial charge on any atom is -0.493 e. The molecule has 1 unspecified atom stereocenters. The second-order valence-electron chi connectivity index (χ2n) is 4.31. The molecule has 0 aliphatic carbocycles. The Kier molecular flexibility index (Phi) is 5.84. The number of hydrogen-bond acceptors (Lipinski definition) is 3. The summed E-state index contributed by atoms with van der Waals surface area (Å²) in [5, 5.41) is 0. The Hall–Kier alpha value is -1.22. The fourth-order valence-electron chi connectivity index (χ4n) is 1.63. The summed E-state index contributed by atoms with van der Waals surface area (Å²) in [5.41, 5.74) is 7.02.